The van der Waals surface area contributed by atoms with Crippen LogP contribution in [0.5, 0.6) is 5.75 Å². The van der Waals surface area contributed by atoms with Crippen LogP contribution < -0.4 is 16.6 Å². The number of aromatic nitrogens is 1. The Morgan fingerprint density at radius 3 is 2.31 bits per heavy atom. The molecule has 42 heavy (non-hydrogen) atoms. The van der Waals surface area contributed by atoms with Gasteiger partial charge in [-0.2, -0.15) is 4.31 Å². The number of phenolic OH excluding ortho intramolecular Hbond substituents is 1. The lowest BCUT2D eigenvalue weighted by Crippen LogP contribution is -2.52. The Bertz CT molecular complexity index is 1690. The third-order valence-electron chi connectivity index (χ3n) is 6.86. The van der Waals surface area contributed by atoms with Gasteiger partial charge < -0.3 is 21.3 Å². The van der Waals surface area contributed by atoms with Gasteiger partial charge in [0.15, 0.2) is 0 Å². The number of aliphatic hydroxyl groups excluding tert-OH is 1. The molecule has 2 unspecified atom stereocenters. The molecule has 3 aromatic carbocycles. The van der Waals surface area contributed by atoms with Crippen molar-refractivity contribution >= 4 is 32.5 Å². The standard InChI is InChI=1S/C31H36N4O6S/c1-21(2)18-34(42(40,41)26-13-10-24(32)11-14-26)19-29(37)27(16-22-6-4-3-5-7-22)33-30(38)20-35-28-17-25(36)12-8-23(28)9-15-31(35)39/h3-15,17,21,27,29,36-37H,16,18-20,32H2,1-2H3,(H,33,38). The second-order valence-electron chi connectivity index (χ2n) is 10.7. The highest BCUT2D eigenvalue weighted by atomic mass is 32.2. The number of carbonyl (C=O) groups excluding carboxylic acids is 1. The molecule has 1 heterocycles. The Balaban J connectivity index is 1.61. The van der Waals surface area contributed by atoms with Crippen LogP contribution in [0.15, 0.2) is 94.6 Å². The van der Waals surface area contributed by atoms with E-state index in [4.69, 9.17) is 5.73 Å². The van der Waals surface area contributed by atoms with Gasteiger partial charge in [-0.05, 0) is 65.8 Å². The second kappa shape index (κ2) is 13.2. The van der Waals surface area contributed by atoms with Crippen molar-refractivity contribution in [1.82, 2.24) is 14.2 Å². The summed E-state index contributed by atoms with van der Waals surface area (Å²) in [6.45, 7) is 3.26. The molecular formula is C31H36N4O6S. The Kier molecular flexibility index (Phi) is 9.66. The molecule has 0 aliphatic heterocycles. The molecule has 0 saturated carbocycles. The van der Waals surface area contributed by atoms with Gasteiger partial charge in [0, 0.05) is 30.9 Å². The van der Waals surface area contributed by atoms with Gasteiger partial charge in [0.05, 0.1) is 22.6 Å². The van der Waals surface area contributed by atoms with Crippen LogP contribution in [-0.2, 0) is 27.8 Å². The van der Waals surface area contributed by atoms with Crippen LogP contribution in [0.25, 0.3) is 10.9 Å². The van der Waals surface area contributed by atoms with E-state index >= 15 is 0 Å². The monoisotopic (exact) mass is 592 g/mol. The Hall–Kier alpha value is -4.19. The van der Waals surface area contributed by atoms with Crippen molar-refractivity contribution in [2.75, 3.05) is 18.8 Å². The van der Waals surface area contributed by atoms with Gasteiger partial charge in [0.2, 0.25) is 15.9 Å². The number of sulfonamides is 1. The topological polar surface area (TPSA) is 155 Å². The predicted octanol–water partition coefficient (Wildman–Crippen LogP) is 2.72. The first-order valence-corrected chi connectivity index (χ1v) is 15.1. The molecule has 4 rings (SSSR count). The first kappa shape index (κ1) is 30.8. The summed E-state index contributed by atoms with van der Waals surface area (Å²) in [7, 11) is -3.99. The zero-order valence-electron chi connectivity index (χ0n) is 23.6. The maximum Gasteiger partial charge on any atom is 0.251 e. The SMILES string of the molecule is CC(C)CN(CC(O)C(Cc1ccccc1)NC(=O)Cn1c(=O)ccc2ccc(O)cc21)S(=O)(=O)c1ccc(N)cc1. The smallest absolute Gasteiger partial charge is 0.251 e. The minimum atomic E-state index is -3.99. The number of carbonyl (C=O) groups is 1. The van der Waals surface area contributed by atoms with Crippen molar-refractivity contribution in [1.29, 1.82) is 0 Å². The van der Waals surface area contributed by atoms with Crippen molar-refractivity contribution in [3.8, 4) is 5.75 Å². The highest BCUT2D eigenvalue weighted by Gasteiger charge is 2.31. The Morgan fingerprint density at radius 2 is 1.64 bits per heavy atom. The van der Waals surface area contributed by atoms with E-state index in [0.717, 1.165) is 5.56 Å². The molecule has 0 spiro atoms. The van der Waals surface area contributed by atoms with Gasteiger partial charge in [0.1, 0.15) is 12.3 Å². The molecular weight excluding hydrogens is 556 g/mol. The molecule has 4 aromatic rings. The summed E-state index contributed by atoms with van der Waals surface area (Å²) in [6.07, 6.45) is -1.07. The number of benzene rings is 3. The van der Waals surface area contributed by atoms with Crippen LogP contribution in [-0.4, -0.2) is 58.6 Å². The second-order valence-corrected chi connectivity index (χ2v) is 12.7. The number of nitrogens with two attached hydrogens (primary N) is 1. The van der Waals surface area contributed by atoms with E-state index in [-0.39, 0.29) is 42.6 Å². The number of aliphatic hydroxyl groups is 1. The summed E-state index contributed by atoms with van der Waals surface area (Å²) in [5.41, 5.74) is 6.95. The normalized spacial score (nSPS) is 13.4. The Labute approximate surface area is 245 Å². The molecule has 0 saturated heterocycles. The highest BCUT2D eigenvalue weighted by molar-refractivity contribution is 7.89. The van der Waals surface area contributed by atoms with Crippen LogP contribution in [0.2, 0.25) is 0 Å². The number of amides is 1. The minimum absolute atomic E-state index is 0.0439. The number of rotatable bonds is 12. The molecule has 0 bridgehead atoms. The van der Waals surface area contributed by atoms with Crippen molar-refractivity contribution in [2.24, 2.45) is 5.92 Å². The average molecular weight is 593 g/mol. The van der Waals surface area contributed by atoms with Crippen LogP contribution in [0.4, 0.5) is 5.69 Å². The fourth-order valence-corrected chi connectivity index (χ4v) is 6.41. The number of hydrogen-bond donors (Lipinski definition) is 4. The van der Waals surface area contributed by atoms with Gasteiger partial charge in [-0.25, -0.2) is 8.42 Å². The third-order valence-corrected chi connectivity index (χ3v) is 8.71. The molecule has 0 aliphatic carbocycles. The molecule has 0 radical (unpaired) electrons. The maximum atomic E-state index is 13.6. The number of nitrogens with zero attached hydrogens (tertiary/aromatic N) is 2. The molecule has 0 fully saturated rings. The molecule has 11 heteroatoms. The van der Waals surface area contributed by atoms with E-state index in [1.165, 1.54) is 51.3 Å². The lowest BCUT2D eigenvalue weighted by molar-refractivity contribution is -0.123. The van der Waals surface area contributed by atoms with E-state index < -0.39 is 33.6 Å². The Morgan fingerprint density at radius 1 is 0.976 bits per heavy atom. The van der Waals surface area contributed by atoms with E-state index in [9.17, 15) is 28.2 Å². The third kappa shape index (κ3) is 7.55. The lowest BCUT2D eigenvalue weighted by atomic mass is 10.0. The molecule has 1 amide bonds. The van der Waals surface area contributed by atoms with Crippen LogP contribution in [0, 0.1) is 5.92 Å². The summed E-state index contributed by atoms with van der Waals surface area (Å²) in [5, 5.41) is 24.9. The quantitative estimate of drug-likeness (QED) is 0.184. The summed E-state index contributed by atoms with van der Waals surface area (Å²) in [4.78, 5) is 26.0. The molecule has 5 N–H and O–H groups in total. The van der Waals surface area contributed by atoms with Gasteiger partial charge in [-0.1, -0.05) is 44.2 Å². The fourth-order valence-electron chi connectivity index (χ4n) is 4.79. The minimum Gasteiger partial charge on any atom is -0.508 e. The average Bonchev–Trinajstić information content (AvgIpc) is 2.94. The van der Waals surface area contributed by atoms with E-state index in [1.807, 2.05) is 44.2 Å². The summed E-state index contributed by atoms with van der Waals surface area (Å²) >= 11 is 0. The first-order chi connectivity index (χ1) is 19.9. The van der Waals surface area contributed by atoms with Crippen LogP contribution in [0.1, 0.15) is 19.4 Å². The number of nitrogens with one attached hydrogen (secondary N) is 1. The van der Waals surface area contributed by atoms with Crippen molar-refractivity contribution < 1.29 is 23.4 Å². The summed E-state index contributed by atoms with van der Waals surface area (Å²) < 4.78 is 29.6. The molecule has 222 valence electrons. The van der Waals surface area contributed by atoms with E-state index in [0.29, 0.717) is 16.6 Å². The number of aromatic hydroxyl groups is 1. The first-order valence-electron chi connectivity index (χ1n) is 13.6. The van der Waals surface area contributed by atoms with Gasteiger partial charge in [0.25, 0.3) is 5.56 Å². The number of nitrogen functional groups attached to an aromatic ring is 1. The van der Waals surface area contributed by atoms with E-state index in [1.54, 1.807) is 12.1 Å². The van der Waals surface area contributed by atoms with Crippen molar-refractivity contribution in [3.05, 3.63) is 101 Å². The number of pyridine rings is 1. The summed E-state index contributed by atoms with van der Waals surface area (Å²) in [6, 6.07) is 21.7. The number of phenols is 1. The van der Waals surface area contributed by atoms with Gasteiger partial charge >= 0.3 is 0 Å². The maximum absolute atomic E-state index is 13.6. The zero-order chi connectivity index (χ0) is 30.4. The lowest BCUT2D eigenvalue weighted by Gasteiger charge is -2.31. The van der Waals surface area contributed by atoms with Crippen molar-refractivity contribution in [3.63, 3.8) is 0 Å². The number of hydrogen-bond acceptors (Lipinski definition) is 7. The van der Waals surface area contributed by atoms with Crippen LogP contribution in [0.3, 0.4) is 0 Å². The predicted molar refractivity (Wildman–Crippen MR) is 162 cm³/mol. The van der Waals surface area contributed by atoms with E-state index in [2.05, 4.69) is 5.32 Å². The molecule has 0 aliphatic rings. The molecule has 2 atom stereocenters. The fraction of sp³-hybridized carbons (Fsp3) is 0.290. The number of fused-ring (bicyclic) bond motifs is 1. The van der Waals surface area contributed by atoms with Gasteiger partial charge in [-0.15, -0.1) is 0 Å². The molecule has 1 aromatic heterocycles. The van der Waals surface area contributed by atoms with Gasteiger partial charge in [-0.3, -0.25) is 14.2 Å². The summed E-state index contributed by atoms with van der Waals surface area (Å²) in [5.74, 6) is -0.644. The number of anilines is 1. The van der Waals surface area contributed by atoms with Crippen molar-refractivity contribution in [2.45, 2.75) is 43.9 Å². The highest BCUT2D eigenvalue weighted by Crippen LogP contribution is 2.21. The molecule has 10 nitrogen and oxygen atoms in total. The zero-order valence-corrected chi connectivity index (χ0v) is 24.4. The largest absolute Gasteiger partial charge is 0.508 e. The van der Waals surface area contributed by atoms with Crippen LogP contribution >= 0.6 is 0 Å².